The van der Waals surface area contributed by atoms with Crippen molar-refractivity contribution in [2.75, 3.05) is 17.2 Å². The molecule has 1 aromatic heterocycles. The smallest absolute Gasteiger partial charge is 0.417 e. The van der Waals surface area contributed by atoms with Crippen LogP contribution in [0.4, 0.5) is 23.9 Å². The number of nitrogens with one attached hydrogen (secondary N) is 2. The van der Waals surface area contributed by atoms with Crippen LogP contribution in [0.25, 0.3) is 0 Å². The molecule has 2 aromatic rings. The predicted octanol–water partition coefficient (Wildman–Crippen LogP) is 6.28. The Morgan fingerprint density at radius 2 is 2.00 bits per heavy atom. The van der Waals surface area contributed by atoms with Crippen molar-refractivity contribution in [2.45, 2.75) is 38.8 Å². The van der Waals surface area contributed by atoms with Crippen LogP contribution in [0.3, 0.4) is 0 Å². The van der Waals surface area contributed by atoms with E-state index < -0.39 is 22.7 Å². The minimum absolute atomic E-state index is 0.0737. The van der Waals surface area contributed by atoms with E-state index in [2.05, 4.69) is 10.6 Å². The summed E-state index contributed by atoms with van der Waals surface area (Å²) in [4.78, 5) is 13.6. The molecule has 0 saturated heterocycles. The molecule has 0 unspecified atom stereocenters. The Bertz CT molecular complexity index is 944. The molecule has 0 saturated carbocycles. The summed E-state index contributed by atoms with van der Waals surface area (Å²) in [7, 11) is 0. The number of hydrogen-bond acceptors (Lipinski definition) is 4. The van der Waals surface area contributed by atoms with Gasteiger partial charge in [0.1, 0.15) is 5.00 Å². The average molecular weight is 463 g/mol. The first-order valence-corrected chi connectivity index (χ1v) is 10.6. The lowest BCUT2D eigenvalue weighted by molar-refractivity contribution is -0.137. The number of alkyl halides is 3. The Morgan fingerprint density at radius 1 is 1.28 bits per heavy atom. The van der Waals surface area contributed by atoms with E-state index in [-0.39, 0.29) is 17.4 Å². The summed E-state index contributed by atoms with van der Waals surface area (Å²) < 4.78 is 44.3. The standard InChI is InChI=1S/C19H18ClF3N2O2S2/c1-2-27-17(26)15-11-5-3-4-6-14(11)29-16(15)25-18(28)24-10-7-8-13(20)12(9-10)19(21,22)23/h7-9H,2-6H2,1H3,(H2,24,25,28). The van der Waals surface area contributed by atoms with Gasteiger partial charge in [-0.3, -0.25) is 0 Å². The molecular weight excluding hydrogens is 445 g/mol. The molecule has 0 bridgehead atoms. The number of ether oxygens (including phenoxy) is 1. The van der Waals surface area contributed by atoms with Crippen LogP contribution < -0.4 is 10.6 Å². The van der Waals surface area contributed by atoms with Gasteiger partial charge in [-0.15, -0.1) is 11.3 Å². The predicted molar refractivity (Wildman–Crippen MR) is 113 cm³/mol. The summed E-state index contributed by atoms with van der Waals surface area (Å²) in [6.45, 7) is 1.98. The molecule has 1 aliphatic rings. The van der Waals surface area contributed by atoms with Crippen molar-refractivity contribution in [3.63, 3.8) is 0 Å². The number of thiocarbonyl (C=S) groups is 1. The van der Waals surface area contributed by atoms with Crippen LogP contribution in [-0.2, 0) is 23.8 Å². The fourth-order valence-corrected chi connectivity index (χ4v) is 4.95. The number of carbonyl (C=O) groups excluding carboxylic acids is 1. The number of halogens is 4. The Labute approximate surface area is 180 Å². The second-order valence-electron chi connectivity index (χ2n) is 6.41. The molecule has 1 aromatic carbocycles. The monoisotopic (exact) mass is 462 g/mol. The highest BCUT2D eigenvalue weighted by molar-refractivity contribution is 7.80. The van der Waals surface area contributed by atoms with Gasteiger partial charge in [-0.1, -0.05) is 11.6 Å². The molecule has 3 rings (SSSR count). The Hall–Kier alpha value is -1.84. The summed E-state index contributed by atoms with van der Waals surface area (Å²) in [5.74, 6) is -0.428. The maximum Gasteiger partial charge on any atom is 0.417 e. The summed E-state index contributed by atoms with van der Waals surface area (Å²) in [6, 6.07) is 3.45. The van der Waals surface area contributed by atoms with Gasteiger partial charge in [0, 0.05) is 10.6 Å². The van der Waals surface area contributed by atoms with E-state index in [1.807, 2.05) is 0 Å². The minimum atomic E-state index is -4.58. The number of benzene rings is 1. The zero-order valence-electron chi connectivity index (χ0n) is 15.4. The lowest BCUT2D eigenvalue weighted by atomic mass is 9.95. The van der Waals surface area contributed by atoms with Crippen molar-refractivity contribution in [3.8, 4) is 0 Å². The van der Waals surface area contributed by atoms with Crippen LogP contribution in [0.15, 0.2) is 18.2 Å². The van der Waals surface area contributed by atoms with Crippen LogP contribution >= 0.6 is 35.2 Å². The van der Waals surface area contributed by atoms with Gasteiger partial charge in [0.25, 0.3) is 0 Å². The van der Waals surface area contributed by atoms with Crippen LogP contribution in [0.2, 0.25) is 5.02 Å². The largest absolute Gasteiger partial charge is 0.462 e. The second kappa shape index (κ2) is 8.89. The van der Waals surface area contributed by atoms with Gasteiger partial charge in [0.2, 0.25) is 0 Å². The zero-order chi connectivity index (χ0) is 21.2. The molecule has 10 heteroatoms. The summed E-state index contributed by atoms with van der Waals surface area (Å²) in [6.07, 6.45) is -0.881. The molecule has 4 nitrogen and oxygen atoms in total. The first kappa shape index (κ1) is 21.9. The highest BCUT2D eigenvalue weighted by Gasteiger charge is 2.33. The number of esters is 1. The third kappa shape index (κ3) is 5.02. The minimum Gasteiger partial charge on any atom is -0.462 e. The lowest BCUT2D eigenvalue weighted by Crippen LogP contribution is -2.21. The number of rotatable bonds is 4. The van der Waals surface area contributed by atoms with E-state index in [0.29, 0.717) is 10.6 Å². The fraction of sp³-hybridized carbons (Fsp3) is 0.368. The van der Waals surface area contributed by atoms with Gasteiger partial charge in [0.05, 0.1) is 22.8 Å². The van der Waals surface area contributed by atoms with Crippen molar-refractivity contribution >= 4 is 56.9 Å². The summed E-state index contributed by atoms with van der Waals surface area (Å²) in [5.41, 5.74) is 0.614. The molecule has 0 atom stereocenters. The number of hydrogen-bond donors (Lipinski definition) is 2. The Kier molecular flexibility index (Phi) is 6.70. The van der Waals surface area contributed by atoms with Crippen LogP contribution in [-0.4, -0.2) is 17.7 Å². The molecule has 0 fully saturated rings. The Morgan fingerprint density at radius 3 is 2.69 bits per heavy atom. The molecule has 1 aliphatic carbocycles. The number of carbonyl (C=O) groups is 1. The molecule has 0 radical (unpaired) electrons. The van der Waals surface area contributed by atoms with Crippen LogP contribution in [0.5, 0.6) is 0 Å². The van der Waals surface area contributed by atoms with Crippen molar-refractivity contribution in [1.29, 1.82) is 0 Å². The van der Waals surface area contributed by atoms with Gasteiger partial charge in [-0.2, -0.15) is 13.2 Å². The van der Waals surface area contributed by atoms with E-state index in [0.717, 1.165) is 48.3 Å². The van der Waals surface area contributed by atoms with Crippen molar-refractivity contribution < 1.29 is 22.7 Å². The van der Waals surface area contributed by atoms with E-state index >= 15 is 0 Å². The number of aryl methyl sites for hydroxylation is 1. The van der Waals surface area contributed by atoms with Crippen molar-refractivity contribution in [2.24, 2.45) is 0 Å². The number of thiophene rings is 1. The van der Waals surface area contributed by atoms with E-state index in [1.54, 1.807) is 6.92 Å². The molecule has 29 heavy (non-hydrogen) atoms. The highest BCUT2D eigenvalue weighted by atomic mass is 35.5. The summed E-state index contributed by atoms with van der Waals surface area (Å²) in [5, 5.41) is 5.90. The molecule has 0 spiro atoms. The average Bonchev–Trinajstić information content (AvgIpc) is 3.00. The molecule has 156 valence electrons. The quantitative estimate of drug-likeness (QED) is 0.413. The van der Waals surface area contributed by atoms with Crippen molar-refractivity contribution in [3.05, 3.63) is 44.8 Å². The third-order valence-electron chi connectivity index (χ3n) is 4.41. The van der Waals surface area contributed by atoms with Crippen LogP contribution in [0.1, 0.15) is 46.1 Å². The molecule has 0 aliphatic heterocycles. The zero-order valence-corrected chi connectivity index (χ0v) is 17.8. The topological polar surface area (TPSA) is 50.4 Å². The van der Waals surface area contributed by atoms with Crippen LogP contribution in [0, 0.1) is 0 Å². The normalized spacial score (nSPS) is 13.6. The van der Waals surface area contributed by atoms with E-state index in [4.69, 9.17) is 28.6 Å². The SMILES string of the molecule is CCOC(=O)c1c(NC(=S)Nc2ccc(Cl)c(C(F)(F)F)c2)sc2c1CCCC2. The lowest BCUT2D eigenvalue weighted by Gasteiger charge is -2.14. The van der Waals surface area contributed by atoms with Gasteiger partial charge in [-0.05, 0) is 68.6 Å². The highest BCUT2D eigenvalue weighted by Crippen LogP contribution is 2.39. The van der Waals surface area contributed by atoms with Gasteiger partial charge in [0.15, 0.2) is 5.11 Å². The molecule has 2 N–H and O–H groups in total. The van der Waals surface area contributed by atoms with Gasteiger partial charge < -0.3 is 15.4 Å². The second-order valence-corrected chi connectivity index (χ2v) is 8.33. The molecule has 1 heterocycles. The number of anilines is 2. The number of fused-ring (bicyclic) bond motifs is 1. The van der Waals surface area contributed by atoms with Gasteiger partial charge in [-0.25, -0.2) is 4.79 Å². The third-order valence-corrected chi connectivity index (χ3v) is 6.15. The maximum atomic E-state index is 13.0. The van der Waals surface area contributed by atoms with Gasteiger partial charge >= 0.3 is 12.1 Å². The van der Waals surface area contributed by atoms with Crippen molar-refractivity contribution in [1.82, 2.24) is 0 Å². The molecule has 0 amide bonds. The Balaban J connectivity index is 1.83. The first-order valence-electron chi connectivity index (χ1n) is 8.97. The summed E-state index contributed by atoms with van der Waals surface area (Å²) >= 11 is 12.3. The van der Waals surface area contributed by atoms with E-state index in [9.17, 15) is 18.0 Å². The van der Waals surface area contributed by atoms with E-state index in [1.165, 1.54) is 17.4 Å². The first-order chi connectivity index (χ1) is 13.7. The fourth-order valence-electron chi connectivity index (χ4n) is 3.16. The maximum absolute atomic E-state index is 13.0. The molecular formula is C19H18ClF3N2O2S2.